The van der Waals surface area contributed by atoms with Crippen LogP contribution in [0, 0.1) is 0 Å². The largest absolute Gasteiger partial charge is 0.341 e. The summed E-state index contributed by atoms with van der Waals surface area (Å²) < 4.78 is 7.84. The van der Waals surface area contributed by atoms with Gasteiger partial charge in [-0.05, 0) is 13.8 Å². The van der Waals surface area contributed by atoms with Crippen molar-refractivity contribution in [2.45, 2.75) is 26.5 Å². The van der Waals surface area contributed by atoms with E-state index in [4.69, 9.17) is 21.4 Å². The normalized spacial score (nSPS) is 20.9. The van der Waals surface area contributed by atoms with Gasteiger partial charge in [-0.2, -0.15) is 0 Å². The Hall–Kier alpha value is 1.88. The smallest absolute Gasteiger partial charge is 0.324 e. The molecule has 0 fully saturated rings. The Kier molecular flexibility index (Phi) is 5.03. The fraction of sp³-hybridized carbons (Fsp3) is 1.00. The van der Waals surface area contributed by atoms with E-state index in [2.05, 4.69) is 47.8 Å². The van der Waals surface area contributed by atoms with Crippen molar-refractivity contribution in [3.63, 3.8) is 0 Å². The molecule has 3 nitrogen and oxygen atoms in total. The Labute approximate surface area is 107 Å². The molecule has 13 heavy (non-hydrogen) atoms. The van der Waals surface area contributed by atoms with Gasteiger partial charge in [-0.1, -0.05) is 47.8 Å². The molecule has 0 radical (unpaired) electrons. The molecule has 0 rings (SSSR count). The highest BCUT2D eigenvalue weighted by Gasteiger charge is 2.52. The first-order valence-electron chi connectivity index (χ1n) is 3.16. The van der Waals surface area contributed by atoms with Crippen LogP contribution in [0.1, 0.15) is 13.8 Å². The Morgan fingerprint density at radius 2 is 1.69 bits per heavy atom. The quantitative estimate of drug-likeness (QED) is 0.541. The predicted octanol–water partition coefficient (Wildman–Crippen LogP) is 3.39. The van der Waals surface area contributed by atoms with Crippen molar-refractivity contribution >= 4 is 67.0 Å². The molecule has 0 aliphatic heterocycles. The van der Waals surface area contributed by atoms with E-state index in [9.17, 15) is 4.57 Å². The average molecular weight is 423 g/mol. The average Bonchev–Trinajstić information content (AvgIpc) is 1.81. The molecule has 0 bridgehead atoms. The third kappa shape index (κ3) is 3.74. The molecule has 0 spiro atoms. The Balaban J connectivity index is 4.97. The zero-order valence-electron chi connectivity index (χ0n) is 6.84. The Morgan fingerprint density at radius 3 is 1.77 bits per heavy atom. The van der Waals surface area contributed by atoms with Crippen LogP contribution in [-0.4, -0.2) is 22.5 Å². The first kappa shape index (κ1) is 14.9. The van der Waals surface area contributed by atoms with Gasteiger partial charge in [0.1, 0.15) is 8.35 Å². The number of alkyl halides is 4. The maximum atomic E-state index is 10.9. The summed E-state index contributed by atoms with van der Waals surface area (Å²) in [5.41, 5.74) is 0. The lowest BCUT2D eigenvalue weighted by atomic mass is 10.1. The molecule has 0 saturated carbocycles. The van der Waals surface area contributed by atoms with E-state index < -0.39 is 20.3 Å². The molecule has 0 saturated heterocycles. The van der Waals surface area contributed by atoms with Gasteiger partial charge in [-0.15, -0.1) is 11.6 Å². The topological polar surface area (TPSA) is 57.5 Å². The molecule has 0 heterocycles. The standard InChI is InChI=1S/C5H9Br3ClO3P/c1-4(2,7)5(8,9)3(6)13(10,11)12/h3H,1-2H3,(H2,10,11,12). The van der Waals surface area contributed by atoms with Crippen LogP contribution in [0.25, 0.3) is 0 Å². The second-order valence-electron chi connectivity index (χ2n) is 3.02. The molecule has 0 aromatic carbocycles. The summed E-state index contributed by atoms with van der Waals surface area (Å²) in [7, 11) is -4.27. The third-order valence-electron chi connectivity index (χ3n) is 1.39. The zero-order chi connectivity index (χ0) is 11.1. The van der Waals surface area contributed by atoms with Crippen LogP contribution in [0.15, 0.2) is 0 Å². The van der Waals surface area contributed by atoms with Gasteiger partial charge in [-0.3, -0.25) is 4.57 Å². The molecule has 0 amide bonds. The Bertz CT molecular complexity index is 234. The van der Waals surface area contributed by atoms with Crippen LogP contribution in [-0.2, 0) is 4.57 Å². The van der Waals surface area contributed by atoms with E-state index >= 15 is 0 Å². The number of halogens is 4. The molecule has 0 aliphatic rings. The SMILES string of the molecule is CC(C)(Br)C(Cl)(Br)C(Br)P(=O)(O)O. The molecule has 80 valence electrons. The lowest BCUT2D eigenvalue weighted by Crippen LogP contribution is -2.42. The Morgan fingerprint density at radius 1 is 1.38 bits per heavy atom. The van der Waals surface area contributed by atoms with Crippen molar-refractivity contribution in [3.8, 4) is 0 Å². The lowest BCUT2D eigenvalue weighted by Gasteiger charge is -2.36. The fourth-order valence-electron chi connectivity index (χ4n) is 0.494. The molecule has 0 aromatic rings. The summed E-state index contributed by atoms with van der Waals surface area (Å²) in [6, 6.07) is 0. The number of hydrogen-bond donors (Lipinski definition) is 2. The van der Waals surface area contributed by atoms with Crippen molar-refractivity contribution in [2.75, 3.05) is 0 Å². The molecule has 2 unspecified atom stereocenters. The molecule has 0 aromatic heterocycles. The van der Waals surface area contributed by atoms with Crippen LogP contribution in [0.5, 0.6) is 0 Å². The van der Waals surface area contributed by atoms with Crippen LogP contribution < -0.4 is 0 Å². The van der Waals surface area contributed by atoms with Gasteiger partial charge in [-0.25, -0.2) is 0 Å². The summed E-state index contributed by atoms with van der Waals surface area (Å²) in [6.07, 6.45) is 0. The fourth-order valence-corrected chi connectivity index (χ4v) is 3.71. The van der Waals surface area contributed by atoms with E-state index in [0.29, 0.717) is 0 Å². The van der Waals surface area contributed by atoms with Gasteiger partial charge in [0.15, 0.2) is 0 Å². The van der Waals surface area contributed by atoms with Gasteiger partial charge < -0.3 is 9.79 Å². The predicted molar refractivity (Wildman–Crippen MR) is 65.3 cm³/mol. The highest BCUT2D eigenvalue weighted by Crippen LogP contribution is 2.59. The van der Waals surface area contributed by atoms with E-state index in [1.807, 2.05) is 0 Å². The van der Waals surface area contributed by atoms with Gasteiger partial charge in [0.05, 0.1) is 4.32 Å². The number of hydrogen-bond acceptors (Lipinski definition) is 1. The monoisotopic (exact) mass is 420 g/mol. The summed E-state index contributed by atoms with van der Waals surface area (Å²) >= 11 is 15.2. The molecule has 2 N–H and O–H groups in total. The molecule has 0 aliphatic carbocycles. The second-order valence-corrected chi connectivity index (χ2v) is 10.6. The van der Waals surface area contributed by atoms with Crippen LogP contribution in [0.4, 0.5) is 0 Å². The maximum absolute atomic E-state index is 10.9. The summed E-state index contributed by atoms with van der Waals surface area (Å²) in [4.78, 5) is 17.8. The molecular weight excluding hydrogens is 414 g/mol. The van der Waals surface area contributed by atoms with Crippen molar-refractivity contribution in [2.24, 2.45) is 0 Å². The summed E-state index contributed by atoms with van der Waals surface area (Å²) in [5, 5.41) is 0. The highest BCUT2D eigenvalue weighted by atomic mass is 79.9. The van der Waals surface area contributed by atoms with Crippen LogP contribution in [0.3, 0.4) is 0 Å². The second kappa shape index (κ2) is 4.40. The van der Waals surface area contributed by atoms with Crippen molar-refractivity contribution in [1.29, 1.82) is 0 Å². The van der Waals surface area contributed by atoms with Crippen molar-refractivity contribution < 1.29 is 14.4 Å². The van der Waals surface area contributed by atoms with Gasteiger partial charge in [0.2, 0.25) is 0 Å². The van der Waals surface area contributed by atoms with E-state index in [0.717, 1.165) is 0 Å². The minimum Gasteiger partial charge on any atom is -0.324 e. The minimum atomic E-state index is -4.27. The highest BCUT2D eigenvalue weighted by molar-refractivity contribution is 9.15. The van der Waals surface area contributed by atoms with Gasteiger partial charge >= 0.3 is 7.60 Å². The van der Waals surface area contributed by atoms with E-state index in [-0.39, 0.29) is 0 Å². The van der Waals surface area contributed by atoms with Gasteiger partial charge in [0.25, 0.3) is 0 Å². The summed E-state index contributed by atoms with van der Waals surface area (Å²) in [6.45, 7) is 3.41. The van der Waals surface area contributed by atoms with Crippen LogP contribution in [0.2, 0.25) is 0 Å². The lowest BCUT2D eigenvalue weighted by molar-refractivity contribution is 0.365. The van der Waals surface area contributed by atoms with Crippen molar-refractivity contribution in [3.05, 3.63) is 0 Å². The van der Waals surface area contributed by atoms with E-state index in [1.165, 1.54) is 0 Å². The van der Waals surface area contributed by atoms with Crippen molar-refractivity contribution in [1.82, 2.24) is 0 Å². The maximum Gasteiger partial charge on any atom is 0.341 e. The van der Waals surface area contributed by atoms with Gasteiger partial charge in [0, 0.05) is 0 Å². The van der Waals surface area contributed by atoms with Crippen LogP contribution >= 0.6 is 67.0 Å². The molecular formula is C5H9Br3ClO3P. The zero-order valence-corrected chi connectivity index (χ0v) is 13.2. The molecule has 2 atom stereocenters. The third-order valence-corrected chi connectivity index (χ3v) is 9.56. The number of rotatable bonds is 3. The summed E-state index contributed by atoms with van der Waals surface area (Å²) in [5.74, 6) is 0. The molecule has 8 heteroatoms. The minimum absolute atomic E-state index is 0.670. The van der Waals surface area contributed by atoms with E-state index in [1.54, 1.807) is 13.8 Å². The first-order valence-corrected chi connectivity index (χ1v) is 7.73. The first-order chi connectivity index (χ1) is 5.40.